The number of nitrogens with one attached hydrogen (secondary N) is 1. The van der Waals surface area contributed by atoms with Crippen LogP contribution in [0.25, 0.3) is 0 Å². The molecule has 2 atom stereocenters. The van der Waals surface area contributed by atoms with E-state index in [1.165, 1.54) is 37.4 Å². The van der Waals surface area contributed by atoms with Crippen LogP contribution in [0.3, 0.4) is 0 Å². The maximum atomic E-state index is 12.3. The number of carbonyl (C=O) groups is 1. The molecule has 3 rings (SSSR count). The molecule has 0 spiro atoms. The predicted octanol–water partition coefficient (Wildman–Crippen LogP) is 2.27. The van der Waals surface area contributed by atoms with Crippen LogP contribution in [0.5, 0.6) is 0 Å². The Hall–Kier alpha value is -1.08. The quantitative estimate of drug-likeness (QED) is 0.834. The molecule has 1 saturated carbocycles. The number of H-pyrrole nitrogens is 1. The van der Waals surface area contributed by atoms with E-state index >= 15 is 0 Å². The van der Waals surface area contributed by atoms with Crippen LogP contribution in [0.2, 0.25) is 0 Å². The van der Waals surface area contributed by atoms with Crippen molar-refractivity contribution in [2.24, 2.45) is 5.92 Å². The van der Waals surface area contributed by atoms with Crippen molar-refractivity contribution in [3.63, 3.8) is 0 Å². The van der Waals surface area contributed by atoms with Gasteiger partial charge in [-0.3, -0.25) is 9.89 Å². The molecule has 6 nitrogen and oxygen atoms in total. The Kier molecular flexibility index (Phi) is 5.58. The third kappa shape index (κ3) is 4.70. The first-order valence-electron chi connectivity index (χ1n) is 8.57. The molecule has 1 aromatic rings. The smallest absolute Gasteiger partial charge is 0.233 e. The van der Waals surface area contributed by atoms with Gasteiger partial charge in [0.05, 0.1) is 18.0 Å². The molecular weight excluding hydrogens is 312 g/mol. The van der Waals surface area contributed by atoms with E-state index in [0.29, 0.717) is 24.0 Å². The molecule has 0 aromatic carbocycles. The Morgan fingerprint density at radius 2 is 2.00 bits per heavy atom. The number of amides is 1. The number of aromatic amines is 1. The summed E-state index contributed by atoms with van der Waals surface area (Å²) in [4.78, 5) is 18.7. The first kappa shape index (κ1) is 16.8. The van der Waals surface area contributed by atoms with Gasteiger partial charge < -0.3 is 9.64 Å². The largest absolute Gasteiger partial charge is 0.372 e. The summed E-state index contributed by atoms with van der Waals surface area (Å²) in [6.07, 6.45) is 6.48. The minimum Gasteiger partial charge on any atom is -0.372 e. The fourth-order valence-corrected chi connectivity index (χ4v) is 4.24. The molecule has 1 N–H and O–H groups in total. The number of ether oxygens (including phenoxy) is 1. The van der Waals surface area contributed by atoms with Gasteiger partial charge in [0.15, 0.2) is 0 Å². The highest BCUT2D eigenvalue weighted by Gasteiger charge is 2.26. The molecule has 7 heteroatoms. The van der Waals surface area contributed by atoms with Gasteiger partial charge in [0, 0.05) is 19.5 Å². The average Bonchev–Trinajstić information content (AvgIpc) is 3.16. The number of hydrogen-bond donors (Lipinski definition) is 1. The number of thioether (sulfide) groups is 1. The highest BCUT2D eigenvalue weighted by Crippen LogP contribution is 2.27. The summed E-state index contributed by atoms with van der Waals surface area (Å²) < 4.78 is 5.67. The molecule has 2 heterocycles. The van der Waals surface area contributed by atoms with Crippen molar-refractivity contribution >= 4 is 17.7 Å². The van der Waals surface area contributed by atoms with Crippen LogP contribution in [0, 0.1) is 5.92 Å². The third-order valence-electron chi connectivity index (χ3n) is 4.57. The second-order valence-corrected chi connectivity index (χ2v) is 7.71. The normalized spacial score (nSPS) is 25.9. The van der Waals surface area contributed by atoms with Gasteiger partial charge in [0.2, 0.25) is 11.1 Å². The van der Waals surface area contributed by atoms with Crippen molar-refractivity contribution in [1.82, 2.24) is 20.1 Å². The summed E-state index contributed by atoms with van der Waals surface area (Å²) in [5.41, 5.74) is 0. The molecule has 128 valence electrons. The average molecular weight is 338 g/mol. The summed E-state index contributed by atoms with van der Waals surface area (Å²) in [5, 5.41) is 7.94. The SMILES string of the molecule is CC1CN(C(=O)CSc2n[nH]c(CC3CCCC3)n2)CC(C)O1. The molecule has 2 unspecified atom stereocenters. The van der Waals surface area contributed by atoms with Crippen LogP contribution in [0.1, 0.15) is 45.4 Å². The Balaban J connectivity index is 1.46. The summed E-state index contributed by atoms with van der Waals surface area (Å²) in [7, 11) is 0. The number of aromatic nitrogens is 3. The predicted molar refractivity (Wildman–Crippen MR) is 89.4 cm³/mol. The first-order chi connectivity index (χ1) is 11.1. The minimum absolute atomic E-state index is 0.106. The van der Waals surface area contributed by atoms with Crippen molar-refractivity contribution in [2.45, 2.75) is 63.3 Å². The van der Waals surface area contributed by atoms with Gasteiger partial charge in [-0.2, -0.15) is 0 Å². The fraction of sp³-hybridized carbons (Fsp3) is 0.812. The molecule has 1 aliphatic carbocycles. The number of rotatable bonds is 5. The first-order valence-corrected chi connectivity index (χ1v) is 9.56. The van der Waals surface area contributed by atoms with Crippen LogP contribution in [-0.4, -0.2) is 57.0 Å². The minimum atomic E-state index is 0.106. The Morgan fingerprint density at radius 3 is 2.70 bits per heavy atom. The van der Waals surface area contributed by atoms with E-state index in [1.54, 1.807) is 0 Å². The van der Waals surface area contributed by atoms with E-state index < -0.39 is 0 Å². The van der Waals surface area contributed by atoms with E-state index in [4.69, 9.17) is 4.74 Å². The van der Waals surface area contributed by atoms with Crippen LogP contribution >= 0.6 is 11.8 Å². The van der Waals surface area contributed by atoms with Crippen molar-refractivity contribution in [3.8, 4) is 0 Å². The van der Waals surface area contributed by atoms with Crippen molar-refractivity contribution in [2.75, 3.05) is 18.8 Å². The van der Waals surface area contributed by atoms with Gasteiger partial charge in [-0.05, 0) is 19.8 Å². The lowest BCUT2D eigenvalue weighted by Crippen LogP contribution is -2.48. The van der Waals surface area contributed by atoms with E-state index in [-0.39, 0.29) is 18.1 Å². The van der Waals surface area contributed by atoms with Gasteiger partial charge in [-0.15, -0.1) is 5.10 Å². The summed E-state index contributed by atoms with van der Waals surface area (Å²) in [6.45, 7) is 5.36. The van der Waals surface area contributed by atoms with Gasteiger partial charge in [0.25, 0.3) is 0 Å². The number of hydrogen-bond acceptors (Lipinski definition) is 5. The molecule has 2 aliphatic rings. The molecular formula is C16H26N4O2S. The van der Waals surface area contributed by atoms with Gasteiger partial charge in [-0.1, -0.05) is 37.4 Å². The lowest BCUT2D eigenvalue weighted by molar-refractivity contribution is -0.140. The lowest BCUT2D eigenvalue weighted by atomic mass is 10.0. The summed E-state index contributed by atoms with van der Waals surface area (Å²) in [6, 6.07) is 0. The van der Waals surface area contributed by atoms with E-state index in [9.17, 15) is 4.79 Å². The van der Waals surface area contributed by atoms with Crippen LogP contribution < -0.4 is 0 Å². The standard InChI is InChI=1S/C16H26N4O2S/c1-11-8-20(9-12(2)22-11)15(21)10-23-16-17-14(18-19-16)7-13-5-3-4-6-13/h11-13H,3-10H2,1-2H3,(H,17,18,19). The van der Waals surface area contributed by atoms with Crippen LogP contribution in [0.4, 0.5) is 0 Å². The number of morpholine rings is 1. The van der Waals surface area contributed by atoms with E-state index in [0.717, 1.165) is 18.2 Å². The van der Waals surface area contributed by atoms with Gasteiger partial charge in [-0.25, -0.2) is 4.98 Å². The van der Waals surface area contributed by atoms with Crippen LogP contribution in [0.15, 0.2) is 5.16 Å². The number of carbonyl (C=O) groups excluding carboxylic acids is 1. The molecule has 1 aromatic heterocycles. The van der Waals surface area contributed by atoms with Crippen LogP contribution in [-0.2, 0) is 16.0 Å². The zero-order chi connectivity index (χ0) is 16.2. The second kappa shape index (κ2) is 7.66. The molecule has 0 bridgehead atoms. The lowest BCUT2D eigenvalue weighted by Gasteiger charge is -2.35. The molecule has 1 amide bonds. The Morgan fingerprint density at radius 1 is 1.30 bits per heavy atom. The molecule has 23 heavy (non-hydrogen) atoms. The second-order valence-electron chi connectivity index (χ2n) is 6.76. The topological polar surface area (TPSA) is 71.1 Å². The monoisotopic (exact) mass is 338 g/mol. The molecule has 1 aliphatic heterocycles. The highest BCUT2D eigenvalue weighted by molar-refractivity contribution is 7.99. The fourth-order valence-electron chi connectivity index (χ4n) is 3.52. The number of nitrogens with zero attached hydrogens (tertiary/aromatic N) is 3. The van der Waals surface area contributed by atoms with Gasteiger partial charge >= 0.3 is 0 Å². The van der Waals surface area contributed by atoms with Crippen molar-refractivity contribution in [3.05, 3.63) is 5.82 Å². The Labute approximate surface area is 141 Å². The molecule has 1 saturated heterocycles. The highest BCUT2D eigenvalue weighted by atomic mass is 32.2. The molecule has 2 fully saturated rings. The van der Waals surface area contributed by atoms with Gasteiger partial charge in [0.1, 0.15) is 5.82 Å². The Bertz CT molecular complexity index is 520. The summed E-state index contributed by atoms with van der Waals surface area (Å²) >= 11 is 1.42. The maximum Gasteiger partial charge on any atom is 0.233 e. The maximum absolute atomic E-state index is 12.3. The zero-order valence-electron chi connectivity index (χ0n) is 14.0. The third-order valence-corrected chi connectivity index (χ3v) is 5.40. The van der Waals surface area contributed by atoms with E-state index in [2.05, 4.69) is 15.2 Å². The van der Waals surface area contributed by atoms with Crippen molar-refractivity contribution < 1.29 is 9.53 Å². The van der Waals surface area contributed by atoms with E-state index in [1.807, 2.05) is 18.7 Å². The molecule has 0 radical (unpaired) electrons. The van der Waals surface area contributed by atoms with Crippen molar-refractivity contribution in [1.29, 1.82) is 0 Å². The zero-order valence-corrected chi connectivity index (χ0v) is 14.8. The summed E-state index contributed by atoms with van der Waals surface area (Å²) in [5.74, 6) is 2.23.